The first-order chi connectivity index (χ1) is 11.5. The average Bonchev–Trinajstić information content (AvgIpc) is 2.81. The Morgan fingerprint density at radius 3 is 2.00 bits per heavy atom. The first-order valence-corrected chi connectivity index (χ1v) is 9.44. The topological polar surface area (TPSA) is 66.8 Å². The number of amides is 2. The summed E-state index contributed by atoms with van der Waals surface area (Å²) in [7, 11) is -2.89. The second-order valence-electron chi connectivity index (χ2n) is 5.71. The van der Waals surface area contributed by atoms with E-state index in [1.165, 1.54) is 0 Å². The van der Waals surface area contributed by atoms with E-state index >= 15 is 0 Å². The smallest absolute Gasteiger partial charge is 0.267 e. The highest BCUT2D eigenvalue weighted by Gasteiger charge is 2.36. The summed E-state index contributed by atoms with van der Waals surface area (Å²) in [6.45, 7) is 3.83. The molecule has 1 aliphatic heterocycles. The number of imide groups is 1. The normalized spacial score (nSPS) is 16.0. The minimum Gasteiger partial charge on any atom is -0.267 e. The van der Waals surface area contributed by atoms with E-state index in [-0.39, 0.29) is 5.75 Å². The van der Waals surface area contributed by atoms with Crippen molar-refractivity contribution in [2.75, 3.05) is 5.75 Å². The predicted octanol–water partition coefficient (Wildman–Crippen LogP) is 3.44. The second-order valence-corrected chi connectivity index (χ2v) is 8.03. The third-order valence-corrected chi connectivity index (χ3v) is 6.25. The molecule has 0 saturated heterocycles. The third kappa shape index (κ3) is 2.73. The van der Waals surface area contributed by atoms with E-state index in [0.717, 1.165) is 10.6 Å². The van der Waals surface area contributed by atoms with Crippen LogP contribution in [0.5, 0.6) is 0 Å². The highest BCUT2D eigenvalue weighted by atomic mass is 32.2. The highest BCUT2D eigenvalue weighted by Crippen LogP contribution is 2.25. The van der Waals surface area contributed by atoms with Crippen molar-refractivity contribution in [3.8, 4) is 0 Å². The van der Waals surface area contributed by atoms with Gasteiger partial charge in [0.15, 0.2) is 0 Å². The van der Waals surface area contributed by atoms with Gasteiger partial charge in [-0.25, -0.2) is 4.21 Å². The molecule has 0 N–H and O–H groups in total. The van der Waals surface area contributed by atoms with Gasteiger partial charge >= 0.3 is 0 Å². The molecule has 5 nitrogen and oxygen atoms in total. The number of hydrogen-bond acceptors (Lipinski definition) is 4. The molecule has 2 amide bonds. The summed E-state index contributed by atoms with van der Waals surface area (Å²) in [5.41, 5.74) is 1.64. The Morgan fingerprint density at radius 2 is 1.50 bits per heavy atom. The fraction of sp³-hybridized carbons (Fsp3) is 0.222. The van der Waals surface area contributed by atoms with Crippen molar-refractivity contribution in [3.63, 3.8) is 0 Å². The zero-order valence-electron chi connectivity index (χ0n) is 13.6. The molecule has 6 heteroatoms. The second kappa shape index (κ2) is 6.20. The molecule has 1 aliphatic rings. The molecule has 0 aromatic heterocycles. The number of carbonyl (C=O) groups excluding carboxylic acids is 2. The van der Waals surface area contributed by atoms with E-state index in [0.29, 0.717) is 22.4 Å². The van der Waals surface area contributed by atoms with Crippen molar-refractivity contribution in [2.45, 2.75) is 25.2 Å². The summed E-state index contributed by atoms with van der Waals surface area (Å²) in [4.78, 5) is 25.5. The van der Waals surface area contributed by atoms with Crippen LogP contribution in [-0.4, -0.2) is 26.8 Å². The van der Waals surface area contributed by atoms with Gasteiger partial charge in [0.25, 0.3) is 11.8 Å². The van der Waals surface area contributed by atoms with Crippen LogP contribution >= 0.6 is 0 Å². The number of benzene rings is 2. The van der Waals surface area contributed by atoms with Crippen LogP contribution < -0.4 is 0 Å². The van der Waals surface area contributed by atoms with Gasteiger partial charge in [0.1, 0.15) is 0 Å². The van der Waals surface area contributed by atoms with E-state index < -0.39 is 21.5 Å². The van der Waals surface area contributed by atoms with Gasteiger partial charge in [0.2, 0.25) is 0 Å². The van der Waals surface area contributed by atoms with Crippen LogP contribution in [0.2, 0.25) is 0 Å². The number of carbonyl (C=O) groups is 2. The highest BCUT2D eigenvalue weighted by molar-refractivity contribution is 7.93. The summed E-state index contributed by atoms with van der Waals surface area (Å²) in [6, 6.07) is 13.7. The van der Waals surface area contributed by atoms with Crippen molar-refractivity contribution < 1.29 is 13.8 Å². The molecular formula is C18H18N2O3S. The van der Waals surface area contributed by atoms with E-state index in [1.807, 2.05) is 26.0 Å². The molecule has 0 spiro atoms. The number of nitrogens with zero attached hydrogens (tertiary/aromatic N) is 2. The zero-order valence-corrected chi connectivity index (χ0v) is 14.4. The Kier molecular flexibility index (Phi) is 4.24. The largest absolute Gasteiger partial charge is 0.282 e. The molecule has 0 aliphatic carbocycles. The Bertz CT molecular complexity index is 891. The summed E-state index contributed by atoms with van der Waals surface area (Å²) in [5, 5.41) is 0.766. The van der Waals surface area contributed by atoms with Gasteiger partial charge in [-0.2, -0.15) is 0 Å². The maximum Gasteiger partial charge on any atom is 0.282 e. The fourth-order valence-corrected chi connectivity index (χ4v) is 4.55. The van der Waals surface area contributed by atoms with Crippen molar-refractivity contribution in [2.24, 2.45) is 4.47 Å². The van der Waals surface area contributed by atoms with Crippen molar-refractivity contribution in [3.05, 3.63) is 65.2 Å². The lowest BCUT2D eigenvalue weighted by atomic mass is 10.1. The zero-order chi connectivity index (χ0) is 17.3. The molecule has 0 bridgehead atoms. The lowest BCUT2D eigenvalue weighted by Gasteiger charge is -2.14. The third-order valence-electron chi connectivity index (χ3n) is 3.86. The molecule has 24 heavy (non-hydrogen) atoms. The predicted molar refractivity (Wildman–Crippen MR) is 92.1 cm³/mol. The lowest BCUT2D eigenvalue weighted by Crippen LogP contribution is -2.26. The summed E-state index contributed by atoms with van der Waals surface area (Å²) in [6.07, 6.45) is 0.624. The summed E-state index contributed by atoms with van der Waals surface area (Å²) in [5.74, 6) is -0.762. The Hall–Kier alpha value is -2.47. The Morgan fingerprint density at radius 1 is 0.958 bits per heavy atom. The van der Waals surface area contributed by atoms with Crippen LogP contribution in [0.15, 0.2) is 57.9 Å². The van der Waals surface area contributed by atoms with Crippen LogP contribution in [0, 0.1) is 6.92 Å². The summed E-state index contributed by atoms with van der Waals surface area (Å²) < 4.78 is 17.5. The standard InChI is InChI=1S/C18H18N2O3S/c1-3-12-24(23,14-10-8-13(2)9-11-14)19-20-17(21)15-6-4-5-7-16(15)18(20)22/h4-11H,3,12H2,1-2H3/t24-/m1/s1. The van der Waals surface area contributed by atoms with Crippen LogP contribution in [0.25, 0.3) is 0 Å². The van der Waals surface area contributed by atoms with Crippen LogP contribution in [0.1, 0.15) is 39.6 Å². The summed E-state index contributed by atoms with van der Waals surface area (Å²) >= 11 is 0. The monoisotopic (exact) mass is 342 g/mol. The molecule has 0 unspecified atom stereocenters. The number of aryl methyl sites for hydroxylation is 1. The maximum atomic E-state index is 13.4. The molecule has 0 saturated carbocycles. The number of fused-ring (bicyclic) bond motifs is 1. The van der Waals surface area contributed by atoms with Crippen molar-refractivity contribution in [1.29, 1.82) is 0 Å². The first-order valence-electron chi connectivity index (χ1n) is 7.75. The minimum absolute atomic E-state index is 0.281. The fourth-order valence-electron chi connectivity index (χ4n) is 2.62. The van der Waals surface area contributed by atoms with E-state index in [1.54, 1.807) is 36.4 Å². The quantitative estimate of drug-likeness (QED) is 0.799. The molecular weight excluding hydrogens is 324 g/mol. The molecule has 124 valence electrons. The Labute approximate surface area is 141 Å². The van der Waals surface area contributed by atoms with E-state index in [9.17, 15) is 13.8 Å². The van der Waals surface area contributed by atoms with Gasteiger partial charge in [0, 0.05) is 10.6 Å². The molecule has 2 aromatic carbocycles. The van der Waals surface area contributed by atoms with Crippen LogP contribution in [0.3, 0.4) is 0 Å². The van der Waals surface area contributed by atoms with Crippen LogP contribution in [0.4, 0.5) is 0 Å². The number of hydrogen-bond donors (Lipinski definition) is 0. The Balaban J connectivity index is 2.10. The average molecular weight is 342 g/mol. The van der Waals surface area contributed by atoms with Gasteiger partial charge in [-0.1, -0.05) is 36.8 Å². The number of rotatable bonds is 4. The molecule has 0 fully saturated rings. The van der Waals surface area contributed by atoms with Gasteiger partial charge in [-0.15, -0.1) is 9.48 Å². The molecule has 2 aromatic rings. The van der Waals surface area contributed by atoms with Crippen molar-refractivity contribution in [1.82, 2.24) is 5.01 Å². The first kappa shape index (κ1) is 16.4. The van der Waals surface area contributed by atoms with E-state index in [2.05, 4.69) is 4.47 Å². The van der Waals surface area contributed by atoms with Gasteiger partial charge in [-0.3, -0.25) is 9.59 Å². The molecule has 1 atom stereocenters. The van der Waals surface area contributed by atoms with Crippen LogP contribution in [-0.2, 0) is 9.73 Å². The SMILES string of the molecule is CCC[S@](=O)(=NN1C(=O)c2ccccc2C1=O)c1ccc(C)cc1. The van der Waals surface area contributed by atoms with E-state index in [4.69, 9.17) is 0 Å². The lowest BCUT2D eigenvalue weighted by molar-refractivity contribution is 0.0661. The molecule has 3 rings (SSSR count). The molecule has 0 radical (unpaired) electrons. The van der Waals surface area contributed by atoms with Gasteiger partial charge in [-0.05, 0) is 37.6 Å². The van der Waals surface area contributed by atoms with Gasteiger partial charge < -0.3 is 0 Å². The molecule has 1 heterocycles. The van der Waals surface area contributed by atoms with Gasteiger partial charge in [0.05, 0.1) is 20.9 Å². The maximum absolute atomic E-state index is 13.4. The minimum atomic E-state index is -2.89. The van der Waals surface area contributed by atoms with Crippen molar-refractivity contribution >= 4 is 21.5 Å².